The van der Waals surface area contributed by atoms with Gasteiger partial charge in [-0.15, -0.1) is 0 Å². The summed E-state index contributed by atoms with van der Waals surface area (Å²) in [6, 6.07) is 22.0. The third-order valence-electron chi connectivity index (χ3n) is 6.45. The van der Waals surface area contributed by atoms with Gasteiger partial charge in [-0.25, -0.2) is 8.42 Å². The second-order valence-electron chi connectivity index (χ2n) is 9.59. The smallest absolute Gasteiger partial charge is 0.264 e. The Morgan fingerprint density at radius 1 is 0.842 bits per heavy atom. The number of nitrogens with one attached hydrogen (secondary N) is 1. The molecule has 0 radical (unpaired) electrons. The topological polar surface area (TPSA) is 86.8 Å². The number of para-hydroxylation sites is 1. The van der Waals surface area contributed by atoms with E-state index in [0.717, 1.165) is 16.7 Å². The molecule has 3 aromatic carbocycles. The van der Waals surface area contributed by atoms with E-state index in [4.69, 9.17) is 0 Å². The van der Waals surface area contributed by atoms with Crippen LogP contribution in [0.4, 0.5) is 5.69 Å². The van der Waals surface area contributed by atoms with Crippen molar-refractivity contribution in [2.24, 2.45) is 0 Å². The molecule has 2 amide bonds. The van der Waals surface area contributed by atoms with Gasteiger partial charge >= 0.3 is 0 Å². The number of anilines is 1. The van der Waals surface area contributed by atoms with E-state index in [2.05, 4.69) is 5.32 Å². The molecule has 0 spiro atoms. The molecule has 1 atom stereocenters. The number of rotatable bonds is 11. The minimum atomic E-state index is -4.08. The first-order valence-corrected chi connectivity index (χ1v) is 14.3. The minimum absolute atomic E-state index is 0.0924. The molecule has 38 heavy (non-hydrogen) atoms. The van der Waals surface area contributed by atoms with Crippen LogP contribution in [0.5, 0.6) is 0 Å². The predicted octanol–water partition coefficient (Wildman–Crippen LogP) is 4.69. The van der Waals surface area contributed by atoms with E-state index in [1.165, 1.54) is 21.3 Å². The lowest BCUT2D eigenvalue weighted by Crippen LogP contribution is -2.52. The molecule has 0 aromatic heterocycles. The van der Waals surface area contributed by atoms with Crippen molar-refractivity contribution >= 4 is 27.5 Å². The van der Waals surface area contributed by atoms with Crippen molar-refractivity contribution in [1.82, 2.24) is 10.2 Å². The molecule has 0 heterocycles. The van der Waals surface area contributed by atoms with E-state index < -0.39 is 28.5 Å². The van der Waals surface area contributed by atoms with Gasteiger partial charge < -0.3 is 10.2 Å². The van der Waals surface area contributed by atoms with Gasteiger partial charge in [0.2, 0.25) is 11.8 Å². The number of sulfonamides is 1. The minimum Gasteiger partial charge on any atom is -0.352 e. The zero-order valence-electron chi connectivity index (χ0n) is 22.7. The van der Waals surface area contributed by atoms with Crippen molar-refractivity contribution in [3.05, 3.63) is 95.6 Å². The Morgan fingerprint density at radius 2 is 1.42 bits per heavy atom. The second kappa shape index (κ2) is 12.7. The van der Waals surface area contributed by atoms with E-state index >= 15 is 0 Å². The molecule has 0 bridgehead atoms. The van der Waals surface area contributed by atoms with Crippen LogP contribution in [0.3, 0.4) is 0 Å². The molecule has 7 nitrogen and oxygen atoms in total. The van der Waals surface area contributed by atoms with E-state index in [1.807, 2.05) is 64.1 Å². The summed E-state index contributed by atoms with van der Waals surface area (Å²) in [6.07, 6.45) is 0.589. The van der Waals surface area contributed by atoms with Gasteiger partial charge in [0.05, 0.1) is 10.6 Å². The van der Waals surface area contributed by atoms with E-state index in [0.29, 0.717) is 12.1 Å². The van der Waals surface area contributed by atoms with Crippen LogP contribution in [0.1, 0.15) is 44.4 Å². The summed E-state index contributed by atoms with van der Waals surface area (Å²) in [5.74, 6) is -0.765. The quantitative estimate of drug-likeness (QED) is 0.386. The third-order valence-corrected chi connectivity index (χ3v) is 8.23. The van der Waals surface area contributed by atoms with Gasteiger partial charge in [-0.3, -0.25) is 13.9 Å². The van der Waals surface area contributed by atoms with Crippen LogP contribution < -0.4 is 9.62 Å². The molecular weight excluding hydrogens is 498 g/mol. The maximum Gasteiger partial charge on any atom is 0.264 e. The number of hydrogen-bond donors (Lipinski definition) is 1. The van der Waals surface area contributed by atoms with Crippen molar-refractivity contribution in [2.75, 3.05) is 10.8 Å². The SMILES string of the molecule is CCc1ccccc1N(CC(=O)N(Cc1ccccc1C)[C@H](C)C(=O)NC(C)C)S(=O)(=O)c1ccccc1. The largest absolute Gasteiger partial charge is 0.352 e. The highest BCUT2D eigenvalue weighted by atomic mass is 32.2. The molecule has 3 rings (SSSR count). The maximum atomic E-state index is 14.0. The van der Waals surface area contributed by atoms with Gasteiger partial charge in [-0.05, 0) is 69.0 Å². The highest BCUT2D eigenvalue weighted by Crippen LogP contribution is 2.28. The van der Waals surface area contributed by atoms with Crippen LogP contribution >= 0.6 is 0 Å². The monoisotopic (exact) mass is 535 g/mol. The van der Waals surface area contributed by atoms with Gasteiger partial charge in [0.25, 0.3) is 10.0 Å². The van der Waals surface area contributed by atoms with Gasteiger partial charge in [0, 0.05) is 12.6 Å². The predicted molar refractivity (Wildman–Crippen MR) is 151 cm³/mol. The first-order chi connectivity index (χ1) is 18.1. The summed E-state index contributed by atoms with van der Waals surface area (Å²) < 4.78 is 29.0. The summed E-state index contributed by atoms with van der Waals surface area (Å²) in [7, 11) is -4.08. The molecule has 0 saturated heterocycles. The van der Waals surface area contributed by atoms with Gasteiger partial charge in [0.1, 0.15) is 12.6 Å². The number of carbonyl (C=O) groups excluding carboxylic acids is 2. The number of benzene rings is 3. The molecule has 0 aliphatic carbocycles. The lowest BCUT2D eigenvalue weighted by atomic mass is 10.1. The average molecular weight is 536 g/mol. The van der Waals surface area contributed by atoms with Crippen LogP contribution in [-0.2, 0) is 32.6 Å². The zero-order chi connectivity index (χ0) is 27.9. The molecule has 0 aliphatic heterocycles. The van der Waals surface area contributed by atoms with Gasteiger partial charge in [-0.2, -0.15) is 0 Å². The first-order valence-electron chi connectivity index (χ1n) is 12.9. The Kier molecular flexibility index (Phi) is 9.69. The van der Waals surface area contributed by atoms with Gasteiger partial charge in [0.15, 0.2) is 0 Å². The molecule has 0 unspecified atom stereocenters. The highest BCUT2D eigenvalue weighted by molar-refractivity contribution is 7.92. The molecule has 0 fully saturated rings. The van der Waals surface area contributed by atoms with E-state index in [9.17, 15) is 18.0 Å². The first kappa shape index (κ1) is 28.9. The summed E-state index contributed by atoms with van der Waals surface area (Å²) in [6.45, 7) is 9.00. The molecule has 8 heteroatoms. The van der Waals surface area contributed by atoms with Crippen molar-refractivity contribution in [2.45, 2.75) is 64.6 Å². The molecule has 0 aliphatic rings. The van der Waals surface area contributed by atoms with Crippen molar-refractivity contribution in [3.8, 4) is 0 Å². The van der Waals surface area contributed by atoms with Crippen LogP contribution in [0.2, 0.25) is 0 Å². The van der Waals surface area contributed by atoms with Crippen LogP contribution in [0, 0.1) is 6.92 Å². The maximum absolute atomic E-state index is 14.0. The van der Waals surface area contributed by atoms with Crippen molar-refractivity contribution < 1.29 is 18.0 Å². The highest BCUT2D eigenvalue weighted by Gasteiger charge is 2.33. The average Bonchev–Trinajstić information content (AvgIpc) is 2.90. The van der Waals surface area contributed by atoms with E-state index in [-0.39, 0.29) is 23.4 Å². The summed E-state index contributed by atoms with van der Waals surface area (Å²) in [4.78, 5) is 28.6. The van der Waals surface area contributed by atoms with E-state index in [1.54, 1.807) is 37.3 Å². The lowest BCUT2D eigenvalue weighted by Gasteiger charge is -2.33. The Morgan fingerprint density at radius 3 is 2.03 bits per heavy atom. The van der Waals surface area contributed by atoms with Crippen molar-refractivity contribution in [3.63, 3.8) is 0 Å². The number of amides is 2. The van der Waals surface area contributed by atoms with Crippen molar-refractivity contribution in [1.29, 1.82) is 0 Å². The summed E-state index contributed by atoms with van der Waals surface area (Å²) in [5, 5.41) is 2.87. The molecular formula is C30H37N3O4S. The normalized spacial score (nSPS) is 12.2. The number of carbonyl (C=O) groups is 2. The Hall–Kier alpha value is -3.65. The number of hydrogen-bond acceptors (Lipinski definition) is 4. The summed E-state index contributed by atoms with van der Waals surface area (Å²) >= 11 is 0. The molecule has 202 valence electrons. The second-order valence-corrected chi connectivity index (χ2v) is 11.5. The molecule has 0 saturated carbocycles. The Balaban J connectivity index is 2.07. The number of aryl methyl sites for hydroxylation is 2. The Bertz CT molecular complexity index is 1360. The third kappa shape index (κ3) is 6.81. The summed E-state index contributed by atoms with van der Waals surface area (Å²) in [5.41, 5.74) is 3.11. The lowest BCUT2D eigenvalue weighted by molar-refractivity contribution is -0.139. The number of nitrogens with zero attached hydrogens (tertiary/aromatic N) is 2. The Labute approximate surface area is 226 Å². The van der Waals surface area contributed by atoms with Crippen LogP contribution in [-0.4, -0.2) is 43.8 Å². The van der Waals surface area contributed by atoms with Gasteiger partial charge in [-0.1, -0.05) is 67.6 Å². The fourth-order valence-electron chi connectivity index (χ4n) is 4.24. The van der Waals surface area contributed by atoms with Crippen LogP contribution in [0.15, 0.2) is 83.8 Å². The molecule has 1 N–H and O–H groups in total. The zero-order valence-corrected chi connectivity index (χ0v) is 23.5. The fraction of sp³-hybridized carbons (Fsp3) is 0.333. The molecule has 3 aromatic rings. The van der Waals surface area contributed by atoms with Crippen LogP contribution in [0.25, 0.3) is 0 Å². The standard InChI is InChI=1S/C30H37N3O4S/c1-6-25-15-12-13-19-28(25)33(38(36,37)27-17-8-7-9-18-27)21-29(34)32(24(5)30(35)31-22(2)3)20-26-16-11-10-14-23(26)4/h7-19,22,24H,6,20-21H2,1-5H3,(H,31,35)/t24-/m1/s1. The fourth-order valence-corrected chi connectivity index (χ4v) is 5.72.